The molecule has 1 aromatic carbocycles. The fraction of sp³-hybridized carbons (Fsp3) is 0.500. The summed E-state index contributed by atoms with van der Waals surface area (Å²) in [4.78, 5) is 25.5. The van der Waals surface area contributed by atoms with Gasteiger partial charge in [0.15, 0.2) is 0 Å². The predicted octanol–water partition coefficient (Wildman–Crippen LogP) is 3.06. The highest BCUT2D eigenvalue weighted by Gasteiger charge is 2.54. The van der Waals surface area contributed by atoms with E-state index in [1.54, 1.807) is 13.2 Å². The molecule has 152 valence electrons. The highest BCUT2D eigenvalue weighted by molar-refractivity contribution is 5.95. The lowest BCUT2D eigenvalue weighted by Gasteiger charge is -2.55. The van der Waals surface area contributed by atoms with E-state index in [0.717, 1.165) is 30.6 Å². The summed E-state index contributed by atoms with van der Waals surface area (Å²) in [6, 6.07) is 9.12. The SMILES string of the molecule is COc1ccc(-c2cc(C(=O)NNC(=O)C34CC5CC(CC(C5)C3)C4)[nH]n2)cc1. The monoisotopic (exact) mass is 394 g/mol. The van der Waals surface area contributed by atoms with Crippen molar-refractivity contribution in [1.29, 1.82) is 0 Å². The van der Waals surface area contributed by atoms with E-state index in [-0.39, 0.29) is 11.3 Å². The lowest BCUT2D eigenvalue weighted by atomic mass is 9.49. The highest BCUT2D eigenvalue weighted by atomic mass is 16.5. The maximum absolute atomic E-state index is 13.0. The normalized spacial score (nSPS) is 29.5. The number of nitrogens with zero attached hydrogens (tertiary/aromatic N) is 1. The highest BCUT2D eigenvalue weighted by Crippen LogP contribution is 2.60. The van der Waals surface area contributed by atoms with Crippen molar-refractivity contribution >= 4 is 11.8 Å². The van der Waals surface area contributed by atoms with Crippen molar-refractivity contribution in [2.24, 2.45) is 23.2 Å². The Morgan fingerprint density at radius 2 is 1.66 bits per heavy atom. The van der Waals surface area contributed by atoms with Gasteiger partial charge in [0, 0.05) is 5.56 Å². The average molecular weight is 394 g/mol. The molecule has 1 aromatic heterocycles. The minimum absolute atomic E-state index is 0.0279. The molecule has 7 heteroatoms. The van der Waals surface area contributed by atoms with Crippen molar-refractivity contribution in [3.8, 4) is 17.0 Å². The molecule has 29 heavy (non-hydrogen) atoms. The van der Waals surface area contributed by atoms with E-state index in [0.29, 0.717) is 29.1 Å². The first-order valence-electron chi connectivity index (χ1n) is 10.4. The first kappa shape index (κ1) is 18.2. The number of aromatic nitrogens is 2. The lowest BCUT2D eigenvalue weighted by Crippen LogP contribution is -2.56. The molecule has 4 aliphatic carbocycles. The molecule has 0 radical (unpaired) electrons. The number of carbonyl (C=O) groups is 2. The molecular formula is C22H26N4O3. The molecule has 0 unspecified atom stereocenters. The van der Waals surface area contributed by atoms with Gasteiger partial charge in [0.2, 0.25) is 5.91 Å². The minimum Gasteiger partial charge on any atom is -0.497 e. The second-order valence-electron chi connectivity index (χ2n) is 9.00. The summed E-state index contributed by atoms with van der Waals surface area (Å²) in [5, 5.41) is 6.95. The maximum atomic E-state index is 13.0. The van der Waals surface area contributed by atoms with Gasteiger partial charge in [-0.05, 0) is 86.6 Å². The minimum atomic E-state index is -0.393. The van der Waals surface area contributed by atoms with E-state index < -0.39 is 5.91 Å². The fourth-order valence-corrected chi connectivity index (χ4v) is 6.05. The summed E-state index contributed by atoms with van der Waals surface area (Å²) in [6.45, 7) is 0. The van der Waals surface area contributed by atoms with Crippen LogP contribution in [0.5, 0.6) is 5.75 Å². The van der Waals surface area contributed by atoms with Crippen molar-refractivity contribution in [2.75, 3.05) is 7.11 Å². The molecule has 4 saturated carbocycles. The van der Waals surface area contributed by atoms with Gasteiger partial charge in [0.25, 0.3) is 5.91 Å². The molecule has 2 aromatic rings. The number of hydrogen-bond acceptors (Lipinski definition) is 4. The third-order valence-electron chi connectivity index (χ3n) is 7.02. The maximum Gasteiger partial charge on any atom is 0.287 e. The molecule has 0 saturated heterocycles. The number of rotatable bonds is 4. The van der Waals surface area contributed by atoms with Crippen LogP contribution in [0.2, 0.25) is 0 Å². The Hall–Kier alpha value is -2.83. The molecule has 4 fully saturated rings. The summed E-state index contributed by atoms with van der Waals surface area (Å²) in [5.41, 5.74) is 6.83. The number of aromatic amines is 1. The molecule has 4 bridgehead atoms. The molecule has 0 atom stereocenters. The quantitative estimate of drug-likeness (QED) is 0.695. The van der Waals surface area contributed by atoms with E-state index >= 15 is 0 Å². The Kier molecular flexibility index (Phi) is 4.33. The molecule has 3 N–H and O–H groups in total. The van der Waals surface area contributed by atoms with Crippen LogP contribution in [0.3, 0.4) is 0 Å². The summed E-state index contributed by atoms with van der Waals surface area (Å²) >= 11 is 0. The molecule has 0 spiro atoms. The summed E-state index contributed by atoms with van der Waals surface area (Å²) in [7, 11) is 1.61. The fourth-order valence-electron chi connectivity index (χ4n) is 6.05. The van der Waals surface area contributed by atoms with Crippen molar-refractivity contribution < 1.29 is 14.3 Å². The van der Waals surface area contributed by atoms with E-state index in [1.165, 1.54) is 19.3 Å². The Morgan fingerprint density at radius 1 is 1.03 bits per heavy atom. The van der Waals surface area contributed by atoms with Gasteiger partial charge >= 0.3 is 0 Å². The predicted molar refractivity (Wildman–Crippen MR) is 107 cm³/mol. The summed E-state index contributed by atoms with van der Waals surface area (Å²) in [6.07, 6.45) is 6.73. The van der Waals surface area contributed by atoms with Gasteiger partial charge in [-0.2, -0.15) is 5.10 Å². The number of H-pyrrole nitrogens is 1. The molecular weight excluding hydrogens is 368 g/mol. The standard InChI is InChI=1S/C22H26N4O3/c1-29-17-4-2-16(3-5-17)18-9-19(24-23-18)20(27)25-26-21(28)22-10-13-6-14(11-22)8-15(7-13)12-22/h2-5,9,13-15H,6-8,10-12H2,1H3,(H,23,24)(H,25,27)(H,26,28). The van der Waals surface area contributed by atoms with Crippen LogP contribution in [0, 0.1) is 23.2 Å². The number of methoxy groups -OCH3 is 1. The molecule has 6 rings (SSSR count). The zero-order valence-corrected chi connectivity index (χ0v) is 16.5. The third kappa shape index (κ3) is 3.28. The number of nitrogens with one attached hydrogen (secondary N) is 3. The van der Waals surface area contributed by atoms with E-state index in [2.05, 4.69) is 21.0 Å². The molecule has 2 amide bonds. The van der Waals surface area contributed by atoms with Gasteiger partial charge in [-0.1, -0.05) is 0 Å². The number of amides is 2. The van der Waals surface area contributed by atoms with Crippen LogP contribution in [0.4, 0.5) is 0 Å². The van der Waals surface area contributed by atoms with Crippen LogP contribution in [0.15, 0.2) is 30.3 Å². The first-order valence-corrected chi connectivity index (χ1v) is 10.4. The number of ether oxygens (including phenoxy) is 1. The van der Waals surface area contributed by atoms with Crippen molar-refractivity contribution in [1.82, 2.24) is 21.0 Å². The number of hydrogen-bond donors (Lipinski definition) is 3. The molecule has 1 heterocycles. The first-order chi connectivity index (χ1) is 14.0. The van der Waals surface area contributed by atoms with Crippen LogP contribution in [-0.2, 0) is 4.79 Å². The second-order valence-corrected chi connectivity index (χ2v) is 9.00. The largest absolute Gasteiger partial charge is 0.497 e. The zero-order chi connectivity index (χ0) is 20.0. The Labute approximate surface area is 169 Å². The average Bonchev–Trinajstić information content (AvgIpc) is 3.21. The molecule has 4 aliphatic rings. The third-order valence-corrected chi connectivity index (χ3v) is 7.02. The van der Waals surface area contributed by atoms with Crippen LogP contribution >= 0.6 is 0 Å². The van der Waals surface area contributed by atoms with E-state index in [9.17, 15) is 9.59 Å². The topological polar surface area (TPSA) is 96.1 Å². The molecule has 0 aliphatic heterocycles. The zero-order valence-electron chi connectivity index (χ0n) is 16.5. The smallest absolute Gasteiger partial charge is 0.287 e. The lowest BCUT2D eigenvalue weighted by molar-refractivity contribution is -0.147. The van der Waals surface area contributed by atoms with Gasteiger partial charge in [0.1, 0.15) is 11.4 Å². The van der Waals surface area contributed by atoms with Crippen molar-refractivity contribution in [3.05, 3.63) is 36.0 Å². The number of benzene rings is 1. The van der Waals surface area contributed by atoms with E-state index in [1.807, 2.05) is 24.3 Å². The van der Waals surface area contributed by atoms with Crippen LogP contribution in [0.25, 0.3) is 11.3 Å². The van der Waals surface area contributed by atoms with Gasteiger partial charge in [0.05, 0.1) is 18.2 Å². The Morgan fingerprint density at radius 3 is 2.24 bits per heavy atom. The van der Waals surface area contributed by atoms with Gasteiger partial charge in [-0.15, -0.1) is 0 Å². The van der Waals surface area contributed by atoms with Crippen LogP contribution < -0.4 is 15.6 Å². The van der Waals surface area contributed by atoms with Crippen molar-refractivity contribution in [2.45, 2.75) is 38.5 Å². The Bertz CT molecular complexity index is 899. The van der Waals surface area contributed by atoms with Crippen LogP contribution in [0.1, 0.15) is 49.0 Å². The van der Waals surface area contributed by atoms with Crippen LogP contribution in [-0.4, -0.2) is 29.1 Å². The summed E-state index contributed by atoms with van der Waals surface area (Å²) < 4.78 is 5.16. The molecule has 7 nitrogen and oxygen atoms in total. The van der Waals surface area contributed by atoms with Gasteiger partial charge in [-0.25, -0.2) is 0 Å². The van der Waals surface area contributed by atoms with E-state index in [4.69, 9.17) is 4.74 Å². The number of carbonyl (C=O) groups excluding carboxylic acids is 2. The van der Waals surface area contributed by atoms with Gasteiger partial charge < -0.3 is 4.74 Å². The number of hydrazine groups is 1. The van der Waals surface area contributed by atoms with Crippen molar-refractivity contribution in [3.63, 3.8) is 0 Å². The summed E-state index contributed by atoms with van der Waals surface area (Å²) in [5.74, 6) is 2.39. The second kappa shape index (κ2) is 6.90. The van der Waals surface area contributed by atoms with Gasteiger partial charge in [-0.3, -0.25) is 25.5 Å². The Balaban J connectivity index is 1.22.